The lowest BCUT2D eigenvalue weighted by Gasteiger charge is -2.38. The molecule has 5 bridgehead atoms. The van der Waals surface area contributed by atoms with Crippen LogP contribution in [0.4, 0.5) is 5.69 Å². The van der Waals surface area contributed by atoms with Gasteiger partial charge in [0.05, 0.1) is 53.0 Å². The van der Waals surface area contributed by atoms with Gasteiger partial charge in [-0.05, 0) is 32.8 Å². The summed E-state index contributed by atoms with van der Waals surface area (Å²) in [5, 5.41) is 66.0. The molecule has 1 saturated carbocycles. The minimum atomic E-state index is -2.05. The third kappa shape index (κ3) is 12.6. The molecule has 3 heterocycles. The number of methoxy groups -OCH3 is 1. The number of nitrogens with one attached hydrogen (secondary N) is 2. The lowest BCUT2D eigenvalue weighted by atomic mass is 9.78. The van der Waals surface area contributed by atoms with Crippen molar-refractivity contribution >= 4 is 40.3 Å². The highest BCUT2D eigenvalue weighted by Gasteiger charge is 2.50. The first-order valence-corrected chi connectivity index (χ1v) is 24.7. The Hall–Kier alpha value is -5.12. The van der Waals surface area contributed by atoms with Crippen LogP contribution in [-0.2, 0) is 23.8 Å². The highest BCUT2D eigenvalue weighted by Crippen LogP contribution is 2.55. The number of rotatable bonds is 5. The lowest BCUT2D eigenvalue weighted by Crippen LogP contribution is -2.46. The number of phenols is 3. The molecular weight excluding hydrogens is 871 g/mol. The molecular formula is C53H77N3O12. The van der Waals surface area contributed by atoms with E-state index in [1.807, 2.05) is 0 Å². The highest BCUT2D eigenvalue weighted by molar-refractivity contribution is 6.23. The van der Waals surface area contributed by atoms with Crippen molar-refractivity contribution in [2.45, 2.75) is 182 Å². The zero-order valence-corrected chi connectivity index (χ0v) is 41.6. The summed E-state index contributed by atoms with van der Waals surface area (Å²) in [7, 11) is 1.45. The minimum Gasteiger partial charge on any atom is -0.507 e. The first-order chi connectivity index (χ1) is 32.3. The maximum Gasteiger partial charge on any atom is 0.312 e. The molecule has 15 heteroatoms. The molecule has 3 aliphatic heterocycles. The molecule has 2 aromatic carbocycles. The third-order valence-electron chi connectivity index (χ3n) is 14.3. The van der Waals surface area contributed by atoms with Crippen LogP contribution < -0.4 is 15.5 Å². The zero-order valence-electron chi connectivity index (χ0n) is 41.6. The fourth-order valence-electron chi connectivity index (χ4n) is 9.90. The van der Waals surface area contributed by atoms with Crippen LogP contribution in [0.5, 0.6) is 23.0 Å². The Kier molecular flexibility index (Phi) is 19.3. The molecule has 6 rings (SSSR count). The summed E-state index contributed by atoms with van der Waals surface area (Å²) >= 11 is 0. The predicted octanol–water partition coefficient (Wildman–Crippen LogP) is 9.52. The number of phenolic OH excluding ortho intramolecular Hbond substituents is 3. The van der Waals surface area contributed by atoms with Crippen LogP contribution in [-0.4, -0.2) is 92.8 Å². The van der Waals surface area contributed by atoms with Crippen molar-refractivity contribution in [3.63, 3.8) is 0 Å². The molecule has 0 saturated heterocycles. The fourth-order valence-corrected chi connectivity index (χ4v) is 9.90. The quantitative estimate of drug-likeness (QED) is 0.0488. The van der Waals surface area contributed by atoms with Gasteiger partial charge in [-0.2, -0.15) is 5.10 Å². The average molecular weight is 948 g/mol. The number of fused-ring (bicyclic) bond motifs is 14. The molecule has 376 valence electrons. The summed E-state index contributed by atoms with van der Waals surface area (Å²) in [6.07, 6.45) is 21.0. The smallest absolute Gasteiger partial charge is 0.312 e. The van der Waals surface area contributed by atoms with E-state index < -0.39 is 88.8 Å². The van der Waals surface area contributed by atoms with Crippen LogP contribution in [0.25, 0.3) is 10.8 Å². The summed E-state index contributed by atoms with van der Waals surface area (Å²) in [5.74, 6) is -8.30. The van der Waals surface area contributed by atoms with Gasteiger partial charge in [-0.15, -0.1) is 0 Å². The number of carbonyl (C=O) groups is 3. The Bertz CT molecular complexity index is 2200. The second-order valence-electron chi connectivity index (χ2n) is 19.5. The Labute approximate surface area is 402 Å². The van der Waals surface area contributed by atoms with E-state index in [0.29, 0.717) is 0 Å². The van der Waals surface area contributed by atoms with Crippen molar-refractivity contribution in [2.24, 2.45) is 28.8 Å². The van der Waals surface area contributed by atoms with E-state index in [1.165, 1.54) is 104 Å². The fraction of sp³-hybridized carbons (Fsp3) is 0.623. The maximum atomic E-state index is 14.6. The van der Waals surface area contributed by atoms with Crippen LogP contribution in [0.15, 0.2) is 41.2 Å². The molecule has 0 radical (unpaired) electrons. The summed E-state index contributed by atoms with van der Waals surface area (Å²) < 4.78 is 23.8. The minimum absolute atomic E-state index is 0.0252. The number of aliphatic hydroxyl groups excluding tert-OH is 2. The van der Waals surface area contributed by atoms with Crippen molar-refractivity contribution in [1.29, 1.82) is 0 Å². The SMILES string of the molecule is CO[C@H]1/C=C/O[C@@]2(C)Oc3c(C)c(O)c4c(O)c(c(C=NNC5CCCCCCCCCCCCCC5)c(O)c4c3C2=O)NC(=O)/C(C)=C\C=C\[C@H](C)[C@H](O)[C@@H](C)[C@@H](O)[C@H](C)[C@H](OC(C)=O)[C@H]1C. The van der Waals surface area contributed by atoms with Crippen LogP contribution >= 0.6 is 0 Å². The van der Waals surface area contributed by atoms with Crippen molar-refractivity contribution in [3.05, 3.63) is 52.8 Å². The molecule has 4 aliphatic rings. The number of ether oxygens (including phenoxy) is 4. The molecule has 1 fully saturated rings. The van der Waals surface area contributed by atoms with Crippen LogP contribution in [0, 0.1) is 30.6 Å². The van der Waals surface area contributed by atoms with Gasteiger partial charge in [-0.1, -0.05) is 123 Å². The maximum absolute atomic E-state index is 14.6. The molecule has 0 aromatic heterocycles. The van der Waals surface area contributed by atoms with Crippen LogP contribution in [0.1, 0.15) is 160 Å². The van der Waals surface area contributed by atoms with Gasteiger partial charge in [0, 0.05) is 67.2 Å². The highest BCUT2D eigenvalue weighted by atomic mass is 16.7. The number of anilines is 1. The largest absolute Gasteiger partial charge is 0.507 e. The molecule has 0 spiro atoms. The van der Waals surface area contributed by atoms with E-state index in [0.717, 1.165) is 38.5 Å². The van der Waals surface area contributed by atoms with Crippen molar-refractivity contribution in [2.75, 3.05) is 12.4 Å². The molecule has 0 unspecified atom stereocenters. The second kappa shape index (κ2) is 24.4. The standard InChI is InChI=1S/C53H77N3O12/c1-30-23-22-24-31(2)52(64)55-43-38(29-54-56-37-25-20-18-16-14-12-10-11-13-15-17-19-21-26-37)47(61)40-41(48(43)62)46(60)35(6)50-42(40)51(63)53(8,68-50)66-28-27-39(65-9)32(3)49(67-36(7)57)34(5)45(59)33(4)44(30)58/h22-24,27-30,32-34,37,39,44-45,49,56,58-62H,10-21,25-26H2,1-9H3,(H,55,64)/b23-22+,28-27+,31-24-,54-29?/t30-,32-,33+,34-,39-,44-,45+,49+,53-/m0/s1. The Morgan fingerprint density at radius 1 is 0.824 bits per heavy atom. The topological polar surface area (TPSA) is 226 Å². The Morgan fingerprint density at radius 2 is 1.41 bits per heavy atom. The number of Topliss-reactive ketones (excluding diaryl/α,β-unsaturated/α-hetero) is 1. The van der Waals surface area contributed by atoms with Gasteiger partial charge >= 0.3 is 11.8 Å². The van der Waals surface area contributed by atoms with Gasteiger partial charge < -0.3 is 55.2 Å². The lowest BCUT2D eigenvalue weighted by molar-refractivity contribution is -0.160. The van der Waals surface area contributed by atoms with E-state index >= 15 is 0 Å². The average Bonchev–Trinajstić information content (AvgIpc) is 3.56. The molecule has 1 amide bonds. The van der Waals surface area contributed by atoms with Crippen molar-refractivity contribution < 1.29 is 58.9 Å². The Balaban J connectivity index is 1.63. The van der Waals surface area contributed by atoms with Crippen molar-refractivity contribution in [3.8, 4) is 23.0 Å². The monoisotopic (exact) mass is 948 g/mol. The second-order valence-corrected chi connectivity index (χ2v) is 19.5. The summed E-state index contributed by atoms with van der Waals surface area (Å²) in [4.78, 5) is 41.0. The number of amides is 1. The first kappa shape index (κ1) is 53.8. The number of hydrogen-bond acceptors (Lipinski definition) is 14. The van der Waals surface area contributed by atoms with Crippen molar-refractivity contribution in [1.82, 2.24) is 5.43 Å². The number of allylic oxidation sites excluding steroid dienone is 2. The summed E-state index contributed by atoms with van der Waals surface area (Å²) in [5.41, 5.74) is 2.98. The zero-order chi connectivity index (χ0) is 49.9. The molecule has 7 N–H and O–H groups in total. The van der Waals surface area contributed by atoms with E-state index in [-0.39, 0.29) is 50.5 Å². The number of benzene rings is 2. The number of aromatic hydroxyl groups is 3. The van der Waals surface area contributed by atoms with E-state index in [9.17, 15) is 39.9 Å². The molecule has 1 aliphatic carbocycles. The van der Waals surface area contributed by atoms with E-state index in [1.54, 1.807) is 46.8 Å². The number of hydrazone groups is 1. The molecule has 15 nitrogen and oxygen atoms in total. The Morgan fingerprint density at radius 3 is 1.99 bits per heavy atom. The summed E-state index contributed by atoms with van der Waals surface area (Å²) in [6.45, 7) is 12.6. The molecule has 2 aromatic rings. The van der Waals surface area contributed by atoms with Crippen LogP contribution in [0.3, 0.4) is 0 Å². The number of ketones is 1. The van der Waals surface area contributed by atoms with Gasteiger partial charge in [-0.25, -0.2) is 0 Å². The molecule has 9 atom stereocenters. The number of carbonyl (C=O) groups excluding carboxylic acids is 3. The molecule has 68 heavy (non-hydrogen) atoms. The van der Waals surface area contributed by atoms with Gasteiger partial charge in [-0.3, -0.25) is 14.4 Å². The third-order valence-corrected chi connectivity index (χ3v) is 14.3. The predicted molar refractivity (Wildman–Crippen MR) is 263 cm³/mol. The number of esters is 1. The number of hydrogen-bond donors (Lipinski definition) is 7. The van der Waals surface area contributed by atoms with Gasteiger partial charge in [0.1, 0.15) is 23.4 Å². The van der Waals surface area contributed by atoms with E-state index in [2.05, 4.69) is 15.8 Å². The number of nitrogens with zero attached hydrogens (tertiary/aromatic N) is 1. The normalized spacial score (nSPS) is 30.9. The van der Waals surface area contributed by atoms with Gasteiger partial charge in [0.2, 0.25) is 0 Å². The van der Waals surface area contributed by atoms with E-state index in [4.69, 9.17) is 18.9 Å². The number of aliphatic hydroxyl groups is 2. The summed E-state index contributed by atoms with van der Waals surface area (Å²) in [6, 6.07) is 0.0252. The van der Waals surface area contributed by atoms with Gasteiger partial charge in [0.15, 0.2) is 5.75 Å². The first-order valence-electron chi connectivity index (χ1n) is 24.7. The van der Waals surface area contributed by atoms with Crippen LogP contribution in [0.2, 0.25) is 0 Å². The van der Waals surface area contributed by atoms with Gasteiger partial charge in [0.25, 0.3) is 11.7 Å².